The summed E-state index contributed by atoms with van der Waals surface area (Å²) in [6, 6.07) is 0.556. The molecule has 2 spiro atoms. The number of carbonyl (C=O) groups excluding carboxylic acids is 1. The number of rotatable bonds is 4. The van der Waals surface area contributed by atoms with Gasteiger partial charge in [0.1, 0.15) is 6.33 Å². The van der Waals surface area contributed by atoms with Crippen LogP contribution in [0.1, 0.15) is 56.3 Å². The molecule has 4 saturated heterocycles. The summed E-state index contributed by atoms with van der Waals surface area (Å²) in [6.07, 6.45) is 8.41. The summed E-state index contributed by atoms with van der Waals surface area (Å²) in [6.45, 7) is 5.46. The molecule has 4 aliphatic heterocycles. The van der Waals surface area contributed by atoms with Gasteiger partial charge in [0, 0.05) is 69.1 Å². The molecular formula is C21H31N7O3S. The third-order valence-corrected chi connectivity index (χ3v) is 10.5. The zero-order chi connectivity index (χ0) is 21.7. The molecule has 1 aromatic rings. The van der Waals surface area contributed by atoms with Gasteiger partial charge in [-0.1, -0.05) is 0 Å². The molecular weight excluding hydrogens is 430 g/mol. The number of nitrogens with zero attached hydrogens (tertiary/aromatic N) is 7. The van der Waals surface area contributed by atoms with E-state index in [0.717, 1.165) is 44.6 Å². The monoisotopic (exact) mass is 461 g/mol. The summed E-state index contributed by atoms with van der Waals surface area (Å²) in [5.74, 6) is 1.59. The number of hydrogen-bond acceptors (Lipinski definition) is 5. The molecule has 0 atom stereocenters. The van der Waals surface area contributed by atoms with Gasteiger partial charge in [0.2, 0.25) is 0 Å². The maximum absolute atomic E-state index is 12.9. The molecule has 0 unspecified atom stereocenters. The van der Waals surface area contributed by atoms with Crippen molar-refractivity contribution in [3.63, 3.8) is 0 Å². The third-order valence-electron chi connectivity index (χ3n) is 8.57. The standard InChI is InChI=1S/C21H31N7O3S/c29-19(25-11-21(12-25)13-27(14-21)32(30,31)26-5-1-2-6-26)24-9-20(10-24)7-17(8-20)28-15-22-18(23-28)16-3-4-16/h15-17H,1-14H2. The average Bonchev–Trinajstić information content (AvgIpc) is 3.13. The molecule has 0 bridgehead atoms. The molecule has 6 fully saturated rings. The molecule has 32 heavy (non-hydrogen) atoms. The van der Waals surface area contributed by atoms with Gasteiger partial charge in [0.15, 0.2) is 5.82 Å². The Morgan fingerprint density at radius 2 is 1.53 bits per heavy atom. The highest BCUT2D eigenvalue weighted by Gasteiger charge is 2.60. The minimum absolute atomic E-state index is 0.0149. The number of carbonyl (C=O) groups is 1. The number of urea groups is 1. The van der Waals surface area contributed by atoms with Gasteiger partial charge in [-0.3, -0.25) is 0 Å². The predicted molar refractivity (Wildman–Crippen MR) is 115 cm³/mol. The van der Waals surface area contributed by atoms with Gasteiger partial charge in [-0.15, -0.1) is 0 Å². The summed E-state index contributed by atoms with van der Waals surface area (Å²) in [4.78, 5) is 21.2. The SMILES string of the molecule is O=C(N1CC2(CC(n3cnc(C4CC4)n3)C2)C1)N1CC2(C1)CN(S(=O)(=O)N1CCCC1)C2. The van der Waals surface area contributed by atoms with Crippen LogP contribution in [0.5, 0.6) is 0 Å². The quantitative estimate of drug-likeness (QED) is 0.663. The van der Waals surface area contributed by atoms with E-state index >= 15 is 0 Å². The molecule has 7 rings (SSSR count). The number of likely N-dealkylation sites (tertiary alicyclic amines) is 2. The van der Waals surface area contributed by atoms with Crippen molar-refractivity contribution in [1.29, 1.82) is 0 Å². The third kappa shape index (κ3) is 2.89. The Morgan fingerprint density at radius 3 is 2.16 bits per heavy atom. The molecule has 5 heterocycles. The van der Waals surface area contributed by atoms with E-state index in [2.05, 4.69) is 10.1 Å². The van der Waals surface area contributed by atoms with Crippen LogP contribution in [0.15, 0.2) is 6.33 Å². The maximum atomic E-state index is 12.9. The minimum Gasteiger partial charge on any atom is -0.323 e. The molecule has 2 saturated carbocycles. The van der Waals surface area contributed by atoms with Gasteiger partial charge in [0.05, 0.1) is 6.04 Å². The molecule has 11 heteroatoms. The van der Waals surface area contributed by atoms with E-state index in [-0.39, 0.29) is 16.9 Å². The van der Waals surface area contributed by atoms with Crippen molar-refractivity contribution in [3.05, 3.63) is 12.2 Å². The van der Waals surface area contributed by atoms with E-state index in [0.29, 0.717) is 51.2 Å². The van der Waals surface area contributed by atoms with Gasteiger partial charge in [0.25, 0.3) is 10.2 Å². The smallest absolute Gasteiger partial charge is 0.320 e. The molecule has 2 amide bonds. The fourth-order valence-corrected chi connectivity index (χ4v) is 8.44. The van der Waals surface area contributed by atoms with Crippen molar-refractivity contribution < 1.29 is 13.2 Å². The van der Waals surface area contributed by atoms with Crippen LogP contribution in [0.2, 0.25) is 0 Å². The second-order valence-corrected chi connectivity index (χ2v) is 13.2. The van der Waals surface area contributed by atoms with Crippen molar-refractivity contribution in [1.82, 2.24) is 33.2 Å². The molecule has 0 aromatic carbocycles. The fourth-order valence-electron chi connectivity index (χ4n) is 6.52. The fraction of sp³-hybridized carbons (Fsp3) is 0.857. The highest BCUT2D eigenvalue weighted by Crippen LogP contribution is 2.54. The van der Waals surface area contributed by atoms with E-state index in [9.17, 15) is 13.2 Å². The number of aromatic nitrogens is 3. The normalized spacial score (nSPS) is 29.6. The van der Waals surface area contributed by atoms with Gasteiger partial charge in [-0.05, 0) is 38.5 Å². The summed E-state index contributed by atoms with van der Waals surface area (Å²) in [7, 11) is -3.29. The van der Waals surface area contributed by atoms with Gasteiger partial charge in [-0.2, -0.15) is 22.1 Å². The highest BCUT2D eigenvalue weighted by molar-refractivity contribution is 7.86. The van der Waals surface area contributed by atoms with E-state index < -0.39 is 10.2 Å². The molecule has 6 aliphatic rings. The first-order valence-corrected chi connectivity index (χ1v) is 13.4. The largest absolute Gasteiger partial charge is 0.323 e. The molecule has 1 aromatic heterocycles. The second kappa shape index (κ2) is 6.44. The molecule has 0 N–H and O–H groups in total. The minimum atomic E-state index is -3.29. The van der Waals surface area contributed by atoms with Crippen molar-refractivity contribution in [3.8, 4) is 0 Å². The zero-order valence-electron chi connectivity index (χ0n) is 18.4. The van der Waals surface area contributed by atoms with Crippen LogP contribution < -0.4 is 0 Å². The first kappa shape index (κ1) is 19.7. The van der Waals surface area contributed by atoms with Crippen LogP contribution in [0.25, 0.3) is 0 Å². The van der Waals surface area contributed by atoms with Gasteiger partial charge < -0.3 is 9.80 Å². The summed E-state index contributed by atoms with van der Waals surface area (Å²) >= 11 is 0. The number of amides is 2. The first-order valence-electron chi connectivity index (χ1n) is 12.1. The summed E-state index contributed by atoms with van der Waals surface area (Å²) in [5.41, 5.74) is 0.255. The lowest BCUT2D eigenvalue weighted by atomic mass is 9.60. The Balaban J connectivity index is 0.873. The van der Waals surface area contributed by atoms with Crippen LogP contribution in [0.4, 0.5) is 4.79 Å². The topological polar surface area (TPSA) is 94.9 Å². The van der Waals surface area contributed by atoms with Crippen LogP contribution in [-0.4, -0.2) is 100.0 Å². The Kier molecular flexibility index (Phi) is 3.97. The predicted octanol–water partition coefficient (Wildman–Crippen LogP) is 0.871. The molecule has 10 nitrogen and oxygen atoms in total. The van der Waals surface area contributed by atoms with Crippen LogP contribution in [-0.2, 0) is 10.2 Å². The van der Waals surface area contributed by atoms with Gasteiger partial charge in [-0.25, -0.2) is 14.5 Å². The van der Waals surface area contributed by atoms with Crippen molar-refractivity contribution in [2.24, 2.45) is 10.8 Å². The average molecular weight is 462 g/mol. The van der Waals surface area contributed by atoms with Gasteiger partial charge >= 0.3 is 6.03 Å². The van der Waals surface area contributed by atoms with Crippen molar-refractivity contribution in [2.45, 2.75) is 50.5 Å². The molecule has 2 aliphatic carbocycles. The van der Waals surface area contributed by atoms with Crippen LogP contribution in [0, 0.1) is 10.8 Å². The van der Waals surface area contributed by atoms with E-state index in [4.69, 9.17) is 0 Å². The lowest BCUT2D eigenvalue weighted by Crippen LogP contribution is -2.76. The Bertz CT molecular complexity index is 1030. The Hall–Kier alpha value is -1.72. The lowest BCUT2D eigenvalue weighted by Gasteiger charge is -2.63. The first-order chi connectivity index (χ1) is 15.3. The lowest BCUT2D eigenvalue weighted by molar-refractivity contribution is -0.101. The second-order valence-electron chi connectivity index (χ2n) is 11.3. The Morgan fingerprint density at radius 1 is 0.906 bits per heavy atom. The molecule has 0 radical (unpaired) electrons. The Labute approximate surface area is 188 Å². The summed E-state index contributed by atoms with van der Waals surface area (Å²) in [5, 5.41) is 4.67. The van der Waals surface area contributed by atoms with Crippen molar-refractivity contribution >= 4 is 16.2 Å². The highest BCUT2D eigenvalue weighted by atomic mass is 32.2. The van der Waals surface area contributed by atoms with E-state index in [1.807, 2.05) is 20.8 Å². The van der Waals surface area contributed by atoms with E-state index in [1.54, 1.807) is 8.61 Å². The maximum Gasteiger partial charge on any atom is 0.320 e. The molecule has 174 valence electrons. The van der Waals surface area contributed by atoms with Crippen LogP contribution in [0.3, 0.4) is 0 Å². The summed E-state index contributed by atoms with van der Waals surface area (Å²) < 4.78 is 30.6. The zero-order valence-corrected chi connectivity index (χ0v) is 19.2. The number of hydrogen-bond donors (Lipinski definition) is 0. The van der Waals surface area contributed by atoms with Crippen LogP contribution >= 0.6 is 0 Å². The van der Waals surface area contributed by atoms with Crippen molar-refractivity contribution in [2.75, 3.05) is 52.4 Å². The van der Waals surface area contributed by atoms with E-state index in [1.165, 1.54) is 12.8 Å².